The Balaban J connectivity index is 1.70. The molecule has 0 amide bonds. The monoisotopic (exact) mass is 505 g/mol. The number of carboxylic acid groups (broad SMARTS) is 1. The summed E-state index contributed by atoms with van der Waals surface area (Å²) in [5, 5.41) is 9.51. The van der Waals surface area contributed by atoms with Gasteiger partial charge in [-0.1, -0.05) is 36.4 Å². The number of aliphatic carboxylic acids is 1. The van der Waals surface area contributed by atoms with Crippen LogP contribution in [0.2, 0.25) is 0 Å². The summed E-state index contributed by atoms with van der Waals surface area (Å²) >= 11 is 0. The summed E-state index contributed by atoms with van der Waals surface area (Å²) in [7, 11) is 3.28. The Morgan fingerprint density at radius 3 is 2.32 bits per heavy atom. The highest BCUT2D eigenvalue weighted by molar-refractivity contribution is 5.70. The van der Waals surface area contributed by atoms with Crippen molar-refractivity contribution >= 4 is 5.97 Å². The molecule has 0 bridgehead atoms. The maximum atomic E-state index is 11.6. The first-order valence-corrected chi connectivity index (χ1v) is 12.7. The quantitative estimate of drug-likeness (QED) is 0.365. The Bertz CT molecular complexity index is 1170. The number of piperidine rings is 1. The highest BCUT2D eigenvalue weighted by Crippen LogP contribution is 2.41. The molecule has 0 spiro atoms. The van der Waals surface area contributed by atoms with Crippen LogP contribution >= 0.6 is 0 Å². The SMILES string of the molecule is CCOc1cc(C(c2ccc(OC)cc2OC)N2CCC(C(=O)O)CC2)ccc1OCc1ccccc1. The van der Waals surface area contributed by atoms with E-state index in [-0.39, 0.29) is 12.0 Å². The number of methoxy groups -OCH3 is 2. The van der Waals surface area contributed by atoms with Gasteiger partial charge < -0.3 is 24.1 Å². The van der Waals surface area contributed by atoms with Crippen LogP contribution in [0.4, 0.5) is 0 Å². The molecule has 1 heterocycles. The third kappa shape index (κ3) is 6.35. The van der Waals surface area contributed by atoms with Crippen molar-refractivity contribution in [3.8, 4) is 23.0 Å². The predicted molar refractivity (Wildman–Crippen MR) is 142 cm³/mol. The van der Waals surface area contributed by atoms with E-state index in [2.05, 4.69) is 11.0 Å². The number of hydrogen-bond donors (Lipinski definition) is 1. The van der Waals surface area contributed by atoms with Crippen molar-refractivity contribution < 1.29 is 28.8 Å². The average molecular weight is 506 g/mol. The number of benzene rings is 3. The highest BCUT2D eigenvalue weighted by Gasteiger charge is 2.32. The number of carbonyl (C=O) groups is 1. The van der Waals surface area contributed by atoms with E-state index >= 15 is 0 Å². The Labute approximate surface area is 218 Å². The molecule has 3 aromatic carbocycles. The van der Waals surface area contributed by atoms with Gasteiger partial charge in [-0.3, -0.25) is 9.69 Å². The van der Waals surface area contributed by atoms with Gasteiger partial charge in [-0.05, 0) is 68.2 Å². The maximum absolute atomic E-state index is 11.6. The summed E-state index contributed by atoms with van der Waals surface area (Å²) in [6.45, 7) is 4.22. The number of likely N-dealkylation sites (tertiary alicyclic amines) is 1. The second-order valence-corrected chi connectivity index (χ2v) is 9.07. The van der Waals surface area contributed by atoms with Crippen LogP contribution in [0.25, 0.3) is 0 Å². The topological polar surface area (TPSA) is 77.5 Å². The number of carboxylic acids is 1. The van der Waals surface area contributed by atoms with Crippen LogP contribution in [0.5, 0.6) is 23.0 Å². The van der Waals surface area contributed by atoms with Gasteiger partial charge in [0.2, 0.25) is 0 Å². The van der Waals surface area contributed by atoms with Crippen LogP contribution in [0.15, 0.2) is 66.7 Å². The standard InChI is InChI=1S/C30H35NO6/c1-4-36-28-18-23(10-13-26(28)37-20-21-8-6-5-7-9-21)29(31-16-14-22(15-17-31)30(32)33)25-12-11-24(34-2)19-27(25)35-3/h5-13,18-19,22,29H,4,14-17,20H2,1-3H3,(H,32,33). The lowest BCUT2D eigenvalue weighted by atomic mass is 9.90. The second kappa shape index (κ2) is 12.5. The molecule has 1 unspecified atom stereocenters. The fourth-order valence-corrected chi connectivity index (χ4v) is 4.85. The van der Waals surface area contributed by atoms with E-state index in [1.807, 2.05) is 67.6 Å². The highest BCUT2D eigenvalue weighted by atomic mass is 16.5. The molecule has 37 heavy (non-hydrogen) atoms. The largest absolute Gasteiger partial charge is 0.497 e. The lowest BCUT2D eigenvalue weighted by Crippen LogP contribution is -2.39. The van der Waals surface area contributed by atoms with Crippen molar-refractivity contribution in [1.29, 1.82) is 0 Å². The molecule has 196 valence electrons. The smallest absolute Gasteiger partial charge is 0.306 e. The molecule has 7 heteroatoms. The van der Waals surface area contributed by atoms with E-state index in [4.69, 9.17) is 18.9 Å². The Hall–Kier alpha value is -3.71. The molecule has 1 N–H and O–H groups in total. The fraction of sp³-hybridized carbons (Fsp3) is 0.367. The molecule has 1 saturated heterocycles. The van der Waals surface area contributed by atoms with Crippen molar-refractivity contribution in [2.45, 2.75) is 32.4 Å². The zero-order valence-electron chi connectivity index (χ0n) is 21.7. The second-order valence-electron chi connectivity index (χ2n) is 9.07. The number of rotatable bonds is 11. The van der Waals surface area contributed by atoms with Gasteiger partial charge >= 0.3 is 5.97 Å². The first-order valence-electron chi connectivity index (χ1n) is 12.7. The minimum absolute atomic E-state index is 0.155. The lowest BCUT2D eigenvalue weighted by molar-refractivity contribution is -0.143. The summed E-state index contributed by atoms with van der Waals surface area (Å²) in [4.78, 5) is 13.9. The van der Waals surface area contributed by atoms with Crippen LogP contribution in [0, 0.1) is 5.92 Å². The lowest BCUT2D eigenvalue weighted by Gasteiger charge is -2.37. The maximum Gasteiger partial charge on any atom is 0.306 e. The molecular formula is C30H35NO6. The Kier molecular flexibility index (Phi) is 8.90. The molecule has 4 rings (SSSR count). The van der Waals surface area contributed by atoms with Crippen LogP contribution < -0.4 is 18.9 Å². The fourth-order valence-electron chi connectivity index (χ4n) is 4.85. The van der Waals surface area contributed by atoms with Gasteiger partial charge in [0.25, 0.3) is 0 Å². The Morgan fingerprint density at radius 2 is 1.68 bits per heavy atom. The molecule has 3 aromatic rings. The van der Waals surface area contributed by atoms with Crippen molar-refractivity contribution in [3.63, 3.8) is 0 Å². The van der Waals surface area contributed by atoms with E-state index in [9.17, 15) is 9.90 Å². The summed E-state index contributed by atoms with van der Waals surface area (Å²) in [5.41, 5.74) is 3.08. The molecule has 0 aliphatic carbocycles. The van der Waals surface area contributed by atoms with E-state index in [0.29, 0.717) is 62.1 Å². The molecule has 0 radical (unpaired) electrons. The summed E-state index contributed by atoms with van der Waals surface area (Å²) < 4.78 is 23.3. The zero-order valence-corrected chi connectivity index (χ0v) is 21.7. The van der Waals surface area contributed by atoms with Gasteiger partial charge in [-0.15, -0.1) is 0 Å². The predicted octanol–water partition coefficient (Wildman–Crippen LogP) is 5.57. The first kappa shape index (κ1) is 26.4. The van der Waals surface area contributed by atoms with Gasteiger partial charge in [0.05, 0.1) is 32.8 Å². The molecular weight excluding hydrogens is 470 g/mol. The third-order valence-electron chi connectivity index (χ3n) is 6.80. The van der Waals surface area contributed by atoms with Crippen molar-refractivity contribution in [3.05, 3.63) is 83.4 Å². The summed E-state index contributed by atoms with van der Waals surface area (Å²) in [5.74, 6) is 1.74. The van der Waals surface area contributed by atoms with Crippen LogP contribution in [0.1, 0.15) is 42.5 Å². The van der Waals surface area contributed by atoms with Gasteiger partial charge in [0.1, 0.15) is 18.1 Å². The third-order valence-corrected chi connectivity index (χ3v) is 6.80. The molecule has 0 saturated carbocycles. The van der Waals surface area contributed by atoms with Gasteiger partial charge in [0.15, 0.2) is 11.5 Å². The van der Waals surface area contributed by atoms with Crippen LogP contribution in [0.3, 0.4) is 0 Å². The molecule has 1 atom stereocenters. The minimum Gasteiger partial charge on any atom is -0.497 e. The molecule has 7 nitrogen and oxygen atoms in total. The average Bonchev–Trinajstić information content (AvgIpc) is 2.94. The van der Waals surface area contributed by atoms with Crippen LogP contribution in [-0.4, -0.2) is 49.9 Å². The van der Waals surface area contributed by atoms with Gasteiger partial charge in [-0.2, -0.15) is 0 Å². The van der Waals surface area contributed by atoms with Crippen molar-refractivity contribution in [2.24, 2.45) is 5.92 Å². The molecule has 1 aliphatic heterocycles. The normalized spacial score (nSPS) is 15.1. The summed E-state index contributed by atoms with van der Waals surface area (Å²) in [6, 6.07) is 21.7. The first-order chi connectivity index (χ1) is 18.0. The van der Waals surface area contributed by atoms with E-state index in [1.54, 1.807) is 14.2 Å². The Morgan fingerprint density at radius 1 is 0.919 bits per heavy atom. The van der Waals surface area contributed by atoms with Gasteiger partial charge in [0, 0.05) is 11.6 Å². The van der Waals surface area contributed by atoms with E-state index < -0.39 is 5.97 Å². The summed E-state index contributed by atoms with van der Waals surface area (Å²) in [6.07, 6.45) is 1.20. The molecule has 0 aromatic heterocycles. The molecule has 1 aliphatic rings. The number of nitrogens with zero attached hydrogens (tertiary/aromatic N) is 1. The van der Waals surface area contributed by atoms with Gasteiger partial charge in [-0.25, -0.2) is 0 Å². The van der Waals surface area contributed by atoms with E-state index in [1.165, 1.54) is 0 Å². The van der Waals surface area contributed by atoms with Crippen LogP contribution in [-0.2, 0) is 11.4 Å². The van der Waals surface area contributed by atoms with Crippen molar-refractivity contribution in [2.75, 3.05) is 33.9 Å². The van der Waals surface area contributed by atoms with E-state index in [0.717, 1.165) is 16.7 Å². The number of ether oxygens (including phenoxy) is 4. The molecule has 1 fully saturated rings. The van der Waals surface area contributed by atoms with Crippen molar-refractivity contribution in [1.82, 2.24) is 4.90 Å². The minimum atomic E-state index is -0.725. The zero-order chi connectivity index (χ0) is 26.2. The number of hydrogen-bond acceptors (Lipinski definition) is 6.